The molecule has 3 heteroatoms. The van der Waals surface area contributed by atoms with Crippen molar-refractivity contribution in [3.05, 3.63) is 58.7 Å². The zero-order valence-electron chi connectivity index (χ0n) is 18.2. The highest BCUT2D eigenvalue weighted by atomic mass is 16.7. The van der Waals surface area contributed by atoms with E-state index in [4.69, 9.17) is 9.47 Å². The molecule has 1 aromatic carbocycles. The van der Waals surface area contributed by atoms with Gasteiger partial charge in [0.2, 0.25) is 6.79 Å². The second-order valence-electron chi connectivity index (χ2n) is 10.6. The largest absolute Gasteiger partial charge is 0.454 e. The lowest BCUT2D eigenvalue weighted by Crippen LogP contribution is -2.50. The van der Waals surface area contributed by atoms with E-state index < -0.39 is 5.60 Å². The third kappa shape index (κ3) is 2.48. The fourth-order valence-electron chi connectivity index (χ4n) is 7.40. The third-order valence-electron chi connectivity index (χ3n) is 9.21. The van der Waals surface area contributed by atoms with Crippen molar-refractivity contribution in [1.82, 2.24) is 0 Å². The summed E-state index contributed by atoms with van der Waals surface area (Å²) in [4.78, 5) is 0. The van der Waals surface area contributed by atoms with Gasteiger partial charge in [-0.05, 0) is 92.5 Å². The van der Waals surface area contributed by atoms with Gasteiger partial charge >= 0.3 is 0 Å². The maximum absolute atomic E-state index is 11.4. The van der Waals surface area contributed by atoms with Crippen LogP contribution in [0.4, 0.5) is 0 Å². The van der Waals surface area contributed by atoms with Crippen LogP contribution in [0, 0.1) is 17.3 Å². The number of allylic oxidation sites excluding steroid dienone is 5. The molecule has 0 spiro atoms. The van der Waals surface area contributed by atoms with Gasteiger partial charge in [-0.25, -0.2) is 0 Å². The number of aliphatic hydroxyl groups is 1. The maximum Gasteiger partial charge on any atom is 0.231 e. The molecule has 6 rings (SSSR count). The van der Waals surface area contributed by atoms with Crippen molar-refractivity contribution in [2.45, 2.75) is 70.3 Å². The average molecular weight is 405 g/mol. The number of benzene rings is 1. The molecule has 2 fully saturated rings. The fourth-order valence-corrected chi connectivity index (χ4v) is 7.40. The summed E-state index contributed by atoms with van der Waals surface area (Å²) in [6, 6.07) is 6.50. The van der Waals surface area contributed by atoms with E-state index in [0.717, 1.165) is 50.0 Å². The highest BCUT2D eigenvalue weighted by molar-refractivity contribution is 5.53. The predicted molar refractivity (Wildman–Crippen MR) is 118 cm³/mol. The minimum atomic E-state index is -0.598. The quantitative estimate of drug-likeness (QED) is 0.619. The van der Waals surface area contributed by atoms with Crippen molar-refractivity contribution >= 4 is 0 Å². The molecule has 2 unspecified atom stereocenters. The van der Waals surface area contributed by atoms with E-state index in [9.17, 15) is 5.11 Å². The Kier molecular flexibility index (Phi) is 3.91. The molecule has 0 amide bonds. The highest BCUT2D eigenvalue weighted by Gasteiger charge is 2.61. The Balaban J connectivity index is 1.53. The lowest BCUT2D eigenvalue weighted by atomic mass is 9.51. The second-order valence-corrected chi connectivity index (χ2v) is 10.6. The van der Waals surface area contributed by atoms with Crippen molar-refractivity contribution in [1.29, 1.82) is 0 Å². The van der Waals surface area contributed by atoms with E-state index in [1.54, 1.807) is 11.1 Å². The standard InChI is InChI=1S/C27H32O3/c1-16-4-7-19-17(12-16)5-8-20-22-10-11-27(3,28)26(22,2)14-21(25(19)20)18-6-9-23-24(13-18)30-15-29-23/h6,9,12-13,20-22,28H,1,4-5,7-8,10-11,14-15H2,2-3H3/t20?,21-,22?,26+,27+/m1/s1. The maximum atomic E-state index is 11.4. The third-order valence-corrected chi connectivity index (χ3v) is 9.21. The summed E-state index contributed by atoms with van der Waals surface area (Å²) in [5.41, 5.74) is 6.74. The van der Waals surface area contributed by atoms with Crippen molar-refractivity contribution in [2.75, 3.05) is 6.79 Å². The normalized spacial score (nSPS) is 39.4. The summed E-state index contributed by atoms with van der Waals surface area (Å²) in [5.74, 6) is 3.20. The van der Waals surface area contributed by atoms with Crippen LogP contribution < -0.4 is 9.47 Å². The van der Waals surface area contributed by atoms with Crippen LogP contribution in [0.5, 0.6) is 11.5 Å². The Hall–Kier alpha value is -2.00. The Morgan fingerprint density at radius 1 is 1.07 bits per heavy atom. The molecular formula is C27H32O3. The molecule has 0 radical (unpaired) electrons. The Morgan fingerprint density at radius 2 is 1.90 bits per heavy atom. The molecule has 30 heavy (non-hydrogen) atoms. The second kappa shape index (κ2) is 6.26. The van der Waals surface area contributed by atoms with Gasteiger partial charge in [0.25, 0.3) is 0 Å². The summed E-state index contributed by atoms with van der Waals surface area (Å²) in [7, 11) is 0. The van der Waals surface area contributed by atoms with Crippen molar-refractivity contribution in [2.24, 2.45) is 17.3 Å². The molecule has 158 valence electrons. The van der Waals surface area contributed by atoms with E-state index in [2.05, 4.69) is 44.7 Å². The lowest BCUT2D eigenvalue weighted by Gasteiger charge is -2.54. The van der Waals surface area contributed by atoms with Gasteiger partial charge < -0.3 is 14.6 Å². The zero-order valence-corrected chi connectivity index (χ0v) is 18.2. The predicted octanol–water partition coefficient (Wildman–Crippen LogP) is 6.05. The lowest BCUT2D eigenvalue weighted by molar-refractivity contribution is -0.0794. The number of rotatable bonds is 1. The van der Waals surface area contributed by atoms with Crippen LogP contribution in [0.15, 0.2) is 53.1 Å². The van der Waals surface area contributed by atoms with E-state index in [-0.39, 0.29) is 5.41 Å². The molecule has 5 atom stereocenters. The van der Waals surface area contributed by atoms with Gasteiger partial charge in [-0.1, -0.05) is 36.8 Å². The SMILES string of the molecule is C=C1C=C2CCC3C(=C2CC1)[C@@H](c1ccc2c(c1)OCO2)C[C@@]1(C)C3CC[C@]1(C)O. The number of ether oxygens (including phenoxy) is 2. The van der Waals surface area contributed by atoms with Gasteiger partial charge in [0, 0.05) is 11.3 Å². The monoisotopic (exact) mass is 404 g/mol. The van der Waals surface area contributed by atoms with E-state index in [1.165, 1.54) is 23.1 Å². The topological polar surface area (TPSA) is 38.7 Å². The van der Waals surface area contributed by atoms with Crippen LogP contribution in [0.1, 0.15) is 70.3 Å². The molecule has 3 nitrogen and oxygen atoms in total. The first-order valence-electron chi connectivity index (χ1n) is 11.6. The van der Waals surface area contributed by atoms with Crippen LogP contribution in [0.25, 0.3) is 0 Å². The van der Waals surface area contributed by atoms with Crippen LogP contribution in [0.2, 0.25) is 0 Å². The Labute approximate surface area is 179 Å². The van der Waals surface area contributed by atoms with E-state index >= 15 is 0 Å². The van der Waals surface area contributed by atoms with Crippen molar-refractivity contribution in [3.63, 3.8) is 0 Å². The van der Waals surface area contributed by atoms with E-state index in [1.807, 2.05) is 0 Å². The molecular weight excluding hydrogens is 372 g/mol. The molecule has 0 aromatic heterocycles. The van der Waals surface area contributed by atoms with Gasteiger partial charge in [-0.15, -0.1) is 0 Å². The molecule has 0 saturated heterocycles. The van der Waals surface area contributed by atoms with Gasteiger partial charge in [0.1, 0.15) is 0 Å². The number of hydrogen-bond acceptors (Lipinski definition) is 3. The minimum absolute atomic E-state index is 0.0533. The Morgan fingerprint density at radius 3 is 2.77 bits per heavy atom. The smallest absolute Gasteiger partial charge is 0.231 e. The van der Waals surface area contributed by atoms with Crippen LogP contribution in [-0.4, -0.2) is 17.5 Å². The summed E-state index contributed by atoms with van der Waals surface area (Å²) >= 11 is 0. The minimum Gasteiger partial charge on any atom is -0.454 e. The van der Waals surface area contributed by atoms with Gasteiger partial charge in [0.15, 0.2) is 11.5 Å². The van der Waals surface area contributed by atoms with Crippen LogP contribution >= 0.6 is 0 Å². The summed E-state index contributed by atoms with van der Waals surface area (Å²) in [6.45, 7) is 9.00. The van der Waals surface area contributed by atoms with Gasteiger partial charge in [-0.2, -0.15) is 0 Å². The fraction of sp³-hybridized carbons (Fsp3) is 0.556. The van der Waals surface area contributed by atoms with E-state index in [0.29, 0.717) is 24.5 Å². The molecule has 1 N–H and O–H groups in total. The molecule has 4 aliphatic carbocycles. The summed E-state index contributed by atoms with van der Waals surface area (Å²) in [5, 5.41) is 11.4. The zero-order chi connectivity index (χ0) is 20.7. The van der Waals surface area contributed by atoms with Gasteiger partial charge in [0.05, 0.1) is 5.60 Å². The van der Waals surface area contributed by atoms with Crippen LogP contribution in [0.3, 0.4) is 0 Å². The summed E-state index contributed by atoms with van der Waals surface area (Å²) in [6.07, 6.45) is 9.98. The molecule has 1 aromatic rings. The number of hydrogen-bond donors (Lipinski definition) is 1. The molecule has 5 aliphatic rings. The first kappa shape index (κ1) is 18.7. The van der Waals surface area contributed by atoms with Crippen LogP contribution in [-0.2, 0) is 0 Å². The number of fused-ring (bicyclic) bond motifs is 5. The molecule has 2 saturated carbocycles. The van der Waals surface area contributed by atoms with Crippen molar-refractivity contribution in [3.8, 4) is 11.5 Å². The van der Waals surface area contributed by atoms with Crippen molar-refractivity contribution < 1.29 is 14.6 Å². The highest BCUT2D eigenvalue weighted by Crippen LogP contribution is 2.66. The first-order valence-corrected chi connectivity index (χ1v) is 11.6. The first-order chi connectivity index (χ1) is 14.4. The molecule has 1 aliphatic heterocycles. The average Bonchev–Trinajstić information content (AvgIpc) is 3.28. The molecule has 1 heterocycles. The summed E-state index contributed by atoms with van der Waals surface area (Å²) < 4.78 is 11.3. The van der Waals surface area contributed by atoms with Gasteiger partial charge in [-0.3, -0.25) is 0 Å². The molecule has 0 bridgehead atoms. The Bertz CT molecular complexity index is 997.